The second-order valence-electron chi connectivity index (χ2n) is 8.28. The van der Waals surface area contributed by atoms with E-state index in [0.29, 0.717) is 18.4 Å². The van der Waals surface area contributed by atoms with E-state index in [0.717, 1.165) is 61.7 Å². The van der Waals surface area contributed by atoms with Crippen LogP contribution in [0.15, 0.2) is 47.5 Å². The van der Waals surface area contributed by atoms with Crippen molar-refractivity contribution < 1.29 is 9.47 Å². The van der Waals surface area contributed by atoms with E-state index in [2.05, 4.69) is 64.1 Å². The van der Waals surface area contributed by atoms with Gasteiger partial charge in [-0.3, -0.25) is 4.99 Å². The molecular weight excluding hydrogens is 358 g/mol. The van der Waals surface area contributed by atoms with Gasteiger partial charge in [0.25, 0.3) is 0 Å². The molecule has 0 amide bonds. The van der Waals surface area contributed by atoms with Crippen molar-refractivity contribution >= 4 is 5.71 Å². The van der Waals surface area contributed by atoms with Gasteiger partial charge in [-0.15, -0.1) is 0 Å². The molecule has 1 heterocycles. The molecule has 0 bridgehead atoms. The monoisotopic (exact) mass is 393 g/mol. The molecule has 0 spiro atoms. The van der Waals surface area contributed by atoms with Crippen LogP contribution in [0, 0.1) is 11.8 Å². The van der Waals surface area contributed by atoms with Crippen LogP contribution in [0.5, 0.6) is 11.5 Å². The highest BCUT2D eigenvalue weighted by Gasteiger charge is 2.26. The summed E-state index contributed by atoms with van der Waals surface area (Å²) in [4.78, 5) is 5.06. The van der Waals surface area contributed by atoms with Crippen molar-refractivity contribution in [3.63, 3.8) is 0 Å². The maximum absolute atomic E-state index is 6.29. The standard InChI is InChI=1S/C26H35NO2/c1-5-7-13-28-25-16-26-23(14-21(25)6-2)24(15-22(18-29-26)19(3)4)27-17-20-11-9-8-10-12-20/h8-12,14,16,19,22H,5-7,13,15,17-18H2,1-4H3/t22-/m0/s1. The van der Waals surface area contributed by atoms with Gasteiger partial charge >= 0.3 is 0 Å². The lowest BCUT2D eigenvalue weighted by atomic mass is 9.89. The Kier molecular flexibility index (Phi) is 7.74. The second kappa shape index (κ2) is 10.5. The van der Waals surface area contributed by atoms with Crippen LogP contribution in [-0.2, 0) is 13.0 Å². The van der Waals surface area contributed by atoms with Gasteiger partial charge in [0.05, 0.1) is 19.8 Å². The Hall–Kier alpha value is -2.29. The first-order valence-corrected chi connectivity index (χ1v) is 11.1. The molecule has 0 N–H and O–H groups in total. The lowest BCUT2D eigenvalue weighted by molar-refractivity contribution is 0.218. The van der Waals surface area contributed by atoms with E-state index in [4.69, 9.17) is 14.5 Å². The van der Waals surface area contributed by atoms with E-state index in [-0.39, 0.29) is 0 Å². The fourth-order valence-electron chi connectivity index (χ4n) is 3.65. The molecule has 0 saturated carbocycles. The molecule has 156 valence electrons. The van der Waals surface area contributed by atoms with E-state index >= 15 is 0 Å². The molecule has 0 aromatic heterocycles. The number of ether oxygens (including phenoxy) is 2. The molecule has 1 aliphatic rings. The second-order valence-corrected chi connectivity index (χ2v) is 8.28. The summed E-state index contributed by atoms with van der Waals surface area (Å²) >= 11 is 0. The molecule has 0 saturated heterocycles. The first-order chi connectivity index (χ1) is 14.1. The first kappa shape index (κ1) is 21.4. The van der Waals surface area contributed by atoms with Crippen LogP contribution in [0.1, 0.15) is 63.6 Å². The highest BCUT2D eigenvalue weighted by molar-refractivity contribution is 6.03. The van der Waals surface area contributed by atoms with Crippen molar-refractivity contribution in [1.82, 2.24) is 0 Å². The molecule has 3 rings (SSSR count). The topological polar surface area (TPSA) is 30.8 Å². The molecule has 0 fully saturated rings. The molecule has 0 unspecified atom stereocenters. The molecule has 3 heteroatoms. The third kappa shape index (κ3) is 5.62. The third-order valence-corrected chi connectivity index (χ3v) is 5.76. The first-order valence-electron chi connectivity index (χ1n) is 11.1. The minimum atomic E-state index is 0.464. The van der Waals surface area contributed by atoms with Crippen molar-refractivity contribution in [2.45, 2.75) is 59.9 Å². The van der Waals surface area contributed by atoms with Crippen LogP contribution in [0.2, 0.25) is 0 Å². The van der Waals surface area contributed by atoms with Crippen LogP contribution in [0.4, 0.5) is 0 Å². The molecule has 29 heavy (non-hydrogen) atoms. The highest BCUT2D eigenvalue weighted by Crippen LogP contribution is 2.35. The number of hydrogen-bond acceptors (Lipinski definition) is 3. The lowest BCUT2D eigenvalue weighted by Gasteiger charge is -2.18. The number of benzene rings is 2. The summed E-state index contributed by atoms with van der Waals surface area (Å²) in [6.07, 6.45) is 4.10. The molecule has 0 radical (unpaired) electrons. The lowest BCUT2D eigenvalue weighted by Crippen LogP contribution is -2.18. The van der Waals surface area contributed by atoms with E-state index < -0.39 is 0 Å². The summed E-state index contributed by atoms with van der Waals surface area (Å²) in [5.41, 5.74) is 4.78. The van der Waals surface area contributed by atoms with Crippen molar-refractivity contribution in [3.05, 3.63) is 59.2 Å². The fraction of sp³-hybridized carbons (Fsp3) is 0.500. The van der Waals surface area contributed by atoms with Crippen LogP contribution >= 0.6 is 0 Å². The largest absolute Gasteiger partial charge is 0.493 e. The zero-order valence-electron chi connectivity index (χ0n) is 18.4. The predicted molar refractivity (Wildman–Crippen MR) is 121 cm³/mol. The normalized spacial score (nSPS) is 17.7. The Labute approximate surface area is 176 Å². The van der Waals surface area contributed by atoms with Gasteiger partial charge in [0, 0.05) is 23.3 Å². The zero-order valence-corrected chi connectivity index (χ0v) is 18.4. The molecule has 3 nitrogen and oxygen atoms in total. The summed E-state index contributed by atoms with van der Waals surface area (Å²) in [7, 11) is 0. The number of hydrogen-bond donors (Lipinski definition) is 0. The molecular formula is C26H35NO2. The molecule has 1 atom stereocenters. The van der Waals surface area contributed by atoms with Gasteiger partial charge in [0.2, 0.25) is 0 Å². The maximum atomic E-state index is 6.29. The Morgan fingerprint density at radius 2 is 1.93 bits per heavy atom. The van der Waals surface area contributed by atoms with Gasteiger partial charge in [-0.05, 0) is 42.4 Å². The van der Waals surface area contributed by atoms with Crippen molar-refractivity contribution in [2.75, 3.05) is 13.2 Å². The number of aryl methyl sites for hydroxylation is 1. The Balaban J connectivity index is 1.96. The summed E-state index contributed by atoms with van der Waals surface area (Å²) in [5.74, 6) is 2.90. The SMILES string of the molecule is CCCCOc1cc2c(cc1CC)C(=NCc1ccccc1)C[C@H](C(C)C)CO2. The maximum Gasteiger partial charge on any atom is 0.132 e. The Morgan fingerprint density at radius 1 is 1.14 bits per heavy atom. The average Bonchev–Trinajstić information content (AvgIpc) is 2.92. The van der Waals surface area contributed by atoms with Gasteiger partial charge in [-0.1, -0.05) is 64.4 Å². The zero-order chi connectivity index (χ0) is 20.6. The summed E-state index contributed by atoms with van der Waals surface area (Å²) in [6.45, 7) is 11.1. The number of nitrogens with zero attached hydrogens (tertiary/aromatic N) is 1. The summed E-state index contributed by atoms with van der Waals surface area (Å²) < 4.78 is 12.4. The number of aliphatic imine (C=N–C) groups is 1. The van der Waals surface area contributed by atoms with E-state index in [1.54, 1.807) is 0 Å². The molecule has 2 aromatic rings. The number of fused-ring (bicyclic) bond motifs is 1. The number of unbranched alkanes of at least 4 members (excludes halogenated alkanes) is 1. The van der Waals surface area contributed by atoms with Crippen LogP contribution in [0.25, 0.3) is 0 Å². The van der Waals surface area contributed by atoms with Gasteiger partial charge in [-0.25, -0.2) is 0 Å². The number of rotatable bonds is 8. The Morgan fingerprint density at radius 3 is 2.62 bits per heavy atom. The van der Waals surface area contributed by atoms with E-state index in [9.17, 15) is 0 Å². The molecule has 0 aliphatic carbocycles. The smallest absolute Gasteiger partial charge is 0.132 e. The minimum absolute atomic E-state index is 0.464. The van der Waals surface area contributed by atoms with Gasteiger partial charge < -0.3 is 9.47 Å². The van der Waals surface area contributed by atoms with E-state index in [1.807, 2.05) is 6.07 Å². The quantitative estimate of drug-likeness (QED) is 0.481. The van der Waals surface area contributed by atoms with Crippen LogP contribution in [0.3, 0.4) is 0 Å². The van der Waals surface area contributed by atoms with Gasteiger partial charge in [0.1, 0.15) is 11.5 Å². The van der Waals surface area contributed by atoms with Crippen molar-refractivity contribution in [1.29, 1.82) is 0 Å². The van der Waals surface area contributed by atoms with Gasteiger partial charge in [0.15, 0.2) is 0 Å². The Bertz CT molecular complexity index is 811. The van der Waals surface area contributed by atoms with Gasteiger partial charge in [-0.2, -0.15) is 0 Å². The summed E-state index contributed by atoms with van der Waals surface area (Å²) in [6, 6.07) is 14.8. The predicted octanol–water partition coefficient (Wildman–Crippen LogP) is 6.47. The fourth-order valence-corrected chi connectivity index (χ4v) is 3.65. The van der Waals surface area contributed by atoms with Crippen LogP contribution < -0.4 is 9.47 Å². The minimum Gasteiger partial charge on any atom is -0.493 e. The van der Waals surface area contributed by atoms with Crippen molar-refractivity contribution in [3.8, 4) is 11.5 Å². The average molecular weight is 394 g/mol. The van der Waals surface area contributed by atoms with Crippen LogP contribution in [-0.4, -0.2) is 18.9 Å². The van der Waals surface area contributed by atoms with E-state index in [1.165, 1.54) is 11.1 Å². The molecule has 2 aromatic carbocycles. The third-order valence-electron chi connectivity index (χ3n) is 5.76. The highest BCUT2D eigenvalue weighted by atomic mass is 16.5. The summed E-state index contributed by atoms with van der Waals surface area (Å²) in [5, 5.41) is 0. The molecule has 1 aliphatic heterocycles. The van der Waals surface area contributed by atoms with Crippen molar-refractivity contribution in [2.24, 2.45) is 16.8 Å².